The number of nitrogens with zero attached hydrogens (tertiary/aromatic N) is 3. The Morgan fingerprint density at radius 2 is 1.95 bits per heavy atom. The molecule has 0 aromatic heterocycles. The number of pyridine rings is 1. The molecule has 0 radical (unpaired) electrons. The van der Waals surface area contributed by atoms with Gasteiger partial charge >= 0.3 is 0 Å². The quantitative estimate of drug-likeness (QED) is 0.276. The predicted octanol–water partition coefficient (Wildman–Crippen LogP) is 3.82. The van der Waals surface area contributed by atoms with E-state index in [2.05, 4.69) is 28.8 Å². The Bertz CT molecular complexity index is 1370. The lowest BCUT2D eigenvalue weighted by Gasteiger charge is -2.36. The zero-order valence-corrected chi connectivity index (χ0v) is 21.8. The second-order valence-corrected chi connectivity index (χ2v) is 10.4. The summed E-state index contributed by atoms with van der Waals surface area (Å²) in [7, 11) is 0. The van der Waals surface area contributed by atoms with E-state index in [1.165, 1.54) is 23.9 Å². The smallest absolute Gasteiger partial charge is 0.248 e. The van der Waals surface area contributed by atoms with E-state index in [9.17, 15) is 9.18 Å². The van der Waals surface area contributed by atoms with Crippen LogP contribution in [0.15, 0.2) is 66.0 Å². The number of benzene rings is 2. The van der Waals surface area contributed by atoms with Crippen LogP contribution >= 0.6 is 11.8 Å². The molecule has 3 heterocycles. The third-order valence-electron chi connectivity index (χ3n) is 7.10. The van der Waals surface area contributed by atoms with Crippen molar-refractivity contribution in [2.45, 2.75) is 49.3 Å². The average Bonchev–Trinajstić information content (AvgIpc) is 3.29. The minimum atomic E-state index is -1.13. The van der Waals surface area contributed by atoms with Gasteiger partial charge in [0.2, 0.25) is 5.91 Å². The normalized spacial score (nSPS) is 15.4. The third-order valence-corrected chi connectivity index (χ3v) is 8.02. The fourth-order valence-corrected chi connectivity index (χ4v) is 5.65. The first-order chi connectivity index (χ1) is 17.9. The molecule has 1 fully saturated rings. The number of aryl methyl sites for hydroxylation is 1. The Morgan fingerprint density at radius 3 is 2.62 bits per heavy atom. The number of amides is 1. The molecule has 1 atom stereocenters. The van der Waals surface area contributed by atoms with Gasteiger partial charge in [0.05, 0.1) is 0 Å². The summed E-state index contributed by atoms with van der Waals surface area (Å²) in [6, 6.07) is 16.9. The molecule has 192 valence electrons. The van der Waals surface area contributed by atoms with Gasteiger partial charge in [-0.1, -0.05) is 49.0 Å². The number of primary amides is 1. The number of hydrogen-bond donors (Lipinski definition) is 3. The van der Waals surface area contributed by atoms with Crippen LogP contribution in [0, 0.1) is 12.7 Å². The highest BCUT2D eigenvalue weighted by Gasteiger charge is 2.42. The van der Waals surface area contributed by atoms with Gasteiger partial charge in [0.25, 0.3) is 0 Å². The van der Waals surface area contributed by atoms with E-state index < -0.39 is 11.4 Å². The molecule has 4 N–H and O–H groups in total. The summed E-state index contributed by atoms with van der Waals surface area (Å²) in [5, 5.41) is 7.42. The maximum Gasteiger partial charge on any atom is 0.248 e. The molecule has 0 spiro atoms. The molecule has 5 rings (SSSR count). The first-order valence-electron chi connectivity index (χ1n) is 12.5. The van der Waals surface area contributed by atoms with Crippen molar-refractivity contribution >= 4 is 17.7 Å². The molecule has 2 aromatic carbocycles. The number of nitrogens with two attached hydrogens (primary N) is 1. The number of carbonyl (C=O) groups excluding carboxylic acids is 1. The van der Waals surface area contributed by atoms with Crippen LogP contribution in [-0.4, -0.2) is 39.6 Å². The summed E-state index contributed by atoms with van der Waals surface area (Å²) in [5.74, 6) is 0.513. The van der Waals surface area contributed by atoms with Crippen LogP contribution in [0.3, 0.4) is 0 Å². The van der Waals surface area contributed by atoms with Crippen LogP contribution in [-0.2, 0) is 22.6 Å². The number of carbonyl (C=O) groups is 1. The molecular formula is C28H31FN6OS. The molecule has 7 nitrogen and oxygen atoms in total. The van der Waals surface area contributed by atoms with E-state index >= 15 is 0 Å². The molecule has 2 aromatic rings. The van der Waals surface area contributed by atoms with E-state index in [4.69, 9.17) is 15.7 Å². The molecule has 3 aliphatic heterocycles. The van der Waals surface area contributed by atoms with Crippen LogP contribution < -0.4 is 16.4 Å². The summed E-state index contributed by atoms with van der Waals surface area (Å²) in [6.45, 7) is 6.63. The number of fused-ring (bicyclic) bond motifs is 1. The van der Waals surface area contributed by atoms with E-state index in [0.29, 0.717) is 41.4 Å². The second kappa shape index (κ2) is 10.6. The van der Waals surface area contributed by atoms with Crippen LogP contribution in [0.5, 0.6) is 0 Å². The van der Waals surface area contributed by atoms with Crippen molar-refractivity contribution in [2.75, 3.05) is 13.1 Å². The van der Waals surface area contributed by atoms with Gasteiger partial charge in [-0.3, -0.25) is 4.79 Å². The fourth-order valence-electron chi connectivity index (χ4n) is 4.84. The molecule has 3 aliphatic rings. The molecule has 0 bridgehead atoms. The fraction of sp³-hybridized carbons (Fsp3) is 0.321. The van der Waals surface area contributed by atoms with Gasteiger partial charge in [0.1, 0.15) is 17.1 Å². The topological polar surface area (TPSA) is 97.9 Å². The number of halogens is 1. The summed E-state index contributed by atoms with van der Waals surface area (Å²) >= 11 is 1.47. The zero-order chi connectivity index (χ0) is 26.0. The van der Waals surface area contributed by atoms with E-state index in [1.54, 1.807) is 12.1 Å². The van der Waals surface area contributed by atoms with Crippen LogP contribution in [0.4, 0.5) is 4.39 Å². The Morgan fingerprint density at radius 1 is 1.19 bits per heavy atom. The first-order valence-corrected chi connectivity index (χ1v) is 13.5. The van der Waals surface area contributed by atoms with Crippen molar-refractivity contribution in [1.82, 2.24) is 25.2 Å². The Kier molecular flexibility index (Phi) is 7.28. The lowest BCUT2D eigenvalue weighted by atomic mass is 9.82. The van der Waals surface area contributed by atoms with Crippen LogP contribution in [0.25, 0.3) is 11.5 Å². The summed E-state index contributed by atoms with van der Waals surface area (Å²) < 4.78 is 15.1. The molecule has 1 amide bonds. The highest BCUT2D eigenvalue weighted by Crippen LogP contribution is 2.38. The van der Waals surface area contributed by atoms with E-state index in [-0.39, 0.29) is 5.82 Å². The highest BCUT2D eigenvalue weighted by molar-refractivity contribution is 7.98. The van der Waals surface area contributed by atoms with Gasteiger partial charge in [-0.15, -0.1) is 0 Å². The molecule has 1 saturated heterocycles. The van der Waals surface area contributed by atoms with Crippen molar-refractivity contribution < 1.29 is 9.18 Å². The molecule has 0 saturated carbocycles. The maximum absolute atomic E-state index is 13.3. The number of thioether (sulfide) groups is 1. The summed E-state index contributed by atoms with van der Waals surface area (Å²) in [5.41, 5.74) is 9.70. The van der Waals surface area contributed by atoms with E-state index in [0.717, 1.165) is 35.3 Å². The highest BCUT2D eigenvalue weighted by atomic mass is 32.2. The molecule has 0 aliphatic carbocycles. The predicted molar refractivity (Wildman–Crippen MR) is 144 cm³/mol. The molecule has 1 unspecified atom stereocenters. The standard InChI is InChI=1S/C28H31FN6OS/c1-3-28(26(30)36,23-13-20(7-6-18(23)2)14-32-22-15-31-16-22)35-12-4-5-24-25(35)34-27(33-24)37-17-19-8-10-21(29)11-9-19/h4-13,22,31-32H,3,14-17H2,1-2H3,(H2,30,36). The minimum absolute atomic E-state index is 0.261. The largest absolute Gasteiger partial charge is 0.367 e. The van der Waals surface area contributed by atoms with Crippen molar-refractivity contribution in [3.05, 3.63) is 88.9 Å². The lowest BCUT2D eigenvalue weighted by Crippen LogP contribution is -2.55. The zero-order valence-electron chi connectivity index (χ0n) is 21.0. The SMILES string of the molecule is CCC(C(N)=O)(c1cc(CNC2CNC2)ccc1C)n1cccc2nc(SCc3ccc(F)cc3)nc1-2. The van der Waals surface area contributed by atoms with Gasteiger partial charge in [-0.25, -0.2) is 14.4 Å². The summed E-state index contributed by atoms with van der Waals surface area (Å²) in [4.78, 5) is 22.8. The van der Waals surface area contributed by atoms with Crippen LogP contribution in [0.1, 0.15) is 35.6 Å². The van der Waals surface area contributed by atoms with Gasteiger partial charge in [0, 0.05) is 37.6 Å². The van der Waals surface area contributed by atoms with Crippen molar-refractivity contribution in [2.24, 2.45) is 5.73 Å². The molecule has 9 heteroatoms. The number of aromatic nitrogens is 3. The number of rotatable bonds is 10. The van der Waals surface area contributed by atoms with Crippen molar-refractivity contribution in [1.29, 1.82) is 0 Å². The number of hydrogen-bond acceptors (Lipinski definition) is 6. The van der Waals surface area contributed by atoms with Gasteiger partial charge in [0.15, 0.2) is 11.0 Å². The number of imidazole rings is 1. The van der Waals surface area contributed by atoms with E-state index in [1.807, 2.05) is 36.7 Å². The van der Waals surface area contributed by atoms with Crippen molar-refractivity contribution in [3.63, 3.8) is 0 Å². The Labute approximate surface area is 220 Å². The van der Waals surface area contributed by atoms with Gasteiger partial charge in [-0.2, -0.15) is 0 Å². The van der Waals surface area contributed by atoms with Crippen molar-refractivity contribution in [3.8, 4) is 11.5 Å². The summed E-state index contributed by atoms with van der Waals surface area (Å²) in [6.07, 6.45) is 2.32. The molecule has 37 heavy (non-hydrogen) atoms. The van der Waals surface area contributed by atoms with Crippen LogP contribution in [0.2, 0.25) is 0 Å². The molecular weight excluding hydrogens is 487 g/mol. The minimum Gasteiger partial charge on any atom is -0.367 e. The maximum atomic E-state index is 13.3. The first kappa shape index (κ1) is 25.4. The second-order valence-electron chi connectivity index (χ2n) is 9.47. The average molecular weight is 519 g/mol. The third kappa shape index (κ3) is 4.99. The Hall–Kier alpha value is -3.27. The van der Waals surface area contributed by atoms with Gasteiger partial charge in [-0.05, 0) is 59.9 Å². The Balaban J connectivity index is 1.51. The number of nitrogens with one attached hydrogen (secondary N) is 2. The van der Waals surface area contributed by atoms with Gasteiger partial charge < -0.3 is 20.9 Å². The monoisotopic (exact) mass is 518 g/mol. The lowest BCUT2D eigenvalue weighted by molar-refractivity contribution is -0.124.